The van der Waals surface area contributed by atoms with Crippen LogP contribution in [0.3, 0.4) is 0 Å². The summed E-state index contributed by atoms with van der Waals surface area (Å²) in [4.78, 5) is 27.0. The van der Waals surface area contributed by atoms with Crippen molar-refractivity contribution in [2.24, 2.45) is 5.41 Å². The molecule has 1 aromatic rings. The molecule has 0 bridgehead atoms. The highest BCUT2D eigenvalue weighted by Gasteiger charge is 2.33. The molecule has 2 N–H and O–H groups in total. The second-order valence-electron chi connectivity index (χ2n) is 5.75. The number of aromatic carboxylic acids is 1. The van der Waals surface area contributed by atoms with Gasteiger partial charge in [0.1, 0.15) is 0 Å². The first-order valence-corrected chi connectivity index (χ1v) is 7.90. The Bertz CT molecular complexity index is 579. The molecule has 1 unspecified atom stereocenters. The Morgan fingerprint density at radius 1 is 1.52 bits per heavy atom. The lowest BCUT2D eigenvalue weighted by atomic mass is 9.76. The number of hydrogen-bond donors (Lipinski definition) is 2. The van der Waals surface area contributed by atoms with Gasteiger partial charge in [0.2, 0.25) is 5.91 Å². The molecular formula is C15H20N2O3S. The summed E-state index contributed by atoms with van der Waals surface area (Å²) < 4.78 is 0. The van der Waals surface area contributed by atoms with Crippen molar-refractivity contribution in [3.63, 3.8) is 0 Å². The third-order valence-corrected chi connectivity index (χ3v) is 4.82. The normalized spacial score (nSPS) is 21.7. The number of carbonyl (C=O) groups is 2. The molecule has 6 heteroatoms. The van der Waals surface area contributed by atoms with Crippen molar-refractivity contribution in [1.82, 2.24) is 10.3 Å². The molecule has 5 nitrogen and oxygen atoms in total. The molecule has 0 saturated carbocycles. The first-order valence-electron chi connectivity index (χ1n) is 7.02. The fourth-order valence-electron chi connectivity index (χ4n) is 2.30. The van der Waals surface area contributed by atoms with Gasteiger partial charge in [0.05, 0.1) is 10.4 Å². The van der Waals surface area contributed by atoms with Crippen molar-refractivity contribution in [2.45, 2.75) is 39.5 Å². The summed E-state index contributed by atoms with van der Waals surface area (Å²) in [7, 11) is 0. The van der Waals surface area contributed by atoms with Crippen LogP contribution < -0.4 is 5.32 Å². The Hall–Kier alpha value is -1.69. The summed E-state index contributed by atoms with van der Waals surface area (Å²) in [5, 5.41) is 14.0. The molecule has 0 radical (unpaired) electrons. The maximum absolute atomic E-state index is 12.3. The highest BCUT2D eigenvalue weighted by Crippen LogP contribution is 2.34. The van der Waals surface area contributed by atoms with Crippen LogP contribution in [0, 0.1) is 5.41 Å². The summed E-state index contributed by atoms with van der Waals surface area (Å²) in [6.07, 6.45) is 5.34. The van der Waals surface area contributed by atoms with E-state index in [1.165, 1.54) is 22.3 Å². The quantitative estimate of drug-likeness (QED) is 0.820. The highest BCUT2D eigenvalue weighted by molar-refractivity contribution is 7.09. The predicted molar refractivity (Wildman–Crippen MR) is 81.5 cm³/mol. The molecule has 2 rings (SSSR count). The summed E-state index contributed by atoms with van der Waals surface area (Å²) in [6, 6.07) is 0. The number of amides is 1. The minimum absolute atomic E-state index is 0.0705. The monoisotopic (exact) mass is 308 g/mol. The van der Waals surface area contributed by atoms with Crippen LogP contribution in [0.2, 0.25) is 0 Å². The van der Waals surface area contributed by atoms with E-state index in [1.807, 2.05) is 6.92 Å². The minimum Gasteiger partial charge on any atom is -0.476 e. The predicted octanol–water partition coefficient (Wildman–Crippen LogP) is 2.64. The van der Waals surface area contributed by atoms with Crippen molar-refractivity contribution in [3.8, 4) is 0 Å². The van der Waals surface area contributed by atoms with Gasteiger partial charge in [-0.05, 0) is 26.2 Å². The van der Waals surface area contributed by atoms with E-state index >= 15 is 0 Å². The number of carbonyl (C=O) groups excluding carboxylic acids is 1. The van der Waals surface area contributed by atoms with E-state index in [9.17, 15) is 9.59 Å². The van der Waals surface area contributed by atoms with Gasteiger partial charge >= 0.3 is 5.97 Å². The minimum atomic E-state index is -1.02. The largest absolute Gasteiger partial charge is 0.476 e. The molecule has 1 heterocycles. The van der Waals surface area contributed by atoms with E-state index in [-0.39, 0.29) is 17.0 Å². The number of rotatable bonds is 5. The van der Waals surface area contributed by atoms with Crippen LogP contribution in [0.15, 0.2) is 17.0 Å². The average molecular weight is 308 g/mol. The maximum atomic E-state index is 12.3. The van der Waals surface area contributed by atoms with E-state index in [1.54, 1.807) is 0 Å². The number of carboxylic acid groups (broad SMARTS) is 1. The number of hydrogen-bond acceptors (Lipinski definition) is 4. The van der Waals surface area contributed by atoms with Crippen molar-refractivity contribution >= 4 is 23.2 Å². The van der Waals surface area contributed by atoms with Crippen LogP contribution in [0.4, 0.5) is 0 Å². The van der Waals surface area contributed by atoms with Crippen LogP contribution >= 0.6 is 11.3 Å². The summed E-state index contributed by atoms with van der Waals surface area (Å²) in [5.41, 5.74) is 1.10. The molecule has 1 aromatic heterocycles. The SMILES string of the molecule is CC1=CCC(C)(C(=O)NCCc2nc(C(=O)O)cs2)CC1. The molecule has 1 aliphatic carbocycles. The van der Waals surface area contributed by atoms with Gasteiger partial charge in [-0.3, -0.25) is 4.79 Å². The first-order chi connectivity index (χ1) is 9.90. The van der Waals surface area contributed by atoms with E-state index in [2.05, 4.69) is 23.3 Å². The molecule has 114 valence electrons. The zero-order valence-corrected chi connectivity index (χ0v) is 13.1. The van der Waals surface area contributed by atoms with Gasteiger partial charge in [0.15, 0.2) is 5.69 Å². The second kappa shape index (κ2) is 6.39. The molecule has 0 aromatic carbocycles. The van der Waals surface area contributed by atoms with Crippen LogP contribution in [0.5, 0.6) is 0 Å². The van der Waals surface area contributed by atoms with Crippen LogP contribution in [-0.4, -0.2) is 28.5 Å². The van der Waals surface area contributed by atoms with E-state index in [0.717, 1.165) is 24.3 Å². The van der Waals surface area contributed by atoms with Crippen molar-refractivity contribution < 1.29 is 14.7 Å². The number of nitrogens with zero attached hydrogens (tertiary/aromatic N) is 1. The molecule has 1 aliphatic rings. The molecule has 1 amide bonds. The number of allylic oxidation sites excluding steroid dienone is 2. The molecule has 1 atom stereocenters. The standard InChI is InChI=1S/C15H20N2O3S/c1-10-3-6-15(2,7-4-10)14(20)16-8-5-12-17-11(9-21-12)13(18)19/h3,9H,4-8H2,1-2H3,(H,16,20)(H,18,19). The number of thiazole rings is 1. The Morgan fingerprint density at radius 3 is 2.86 bits per heavy atom. The average Bonchev–Trinajstić information content (AvgIpc) is 2.91. The third-order valence-electron chi connectivity index (χ3n) is 3.92. The fraction of sp³-hybridized carbons (Fsp3) is 0.533. The van der Waals surface area contributed by atoms with Crippen LogP contribution in [0.1, 0.15) is 48.6 Å². The number of carboxylic acids is 1. The number of aromatic nitrogens is 1. The topological polar surface area (TPSA) is 79.3 Å². The van der Waals surface area contributed by atoms with Gasteiger partial charge in [-0.25, -0.2) is 9.78 Å². The van der Waals surface area contributed by atoms with E-state index < -0.39 is 5.97 Å². The maximum Gasteiger partial charge on any atom is 0.355 e. The molecule has 0 aliphatic heterocycles. The molecule has 21 heavy (non-hydrogen) atoms. The fourth-order valence-corrected chi connectivity index (χ4v) is 3.08. The zero-order valence-electron chi connectivity index (χ0n) is 12.3. The van der Waals surface area contributed by atoms with Gasteiger partial charge < -0.3 is 10.4 Å². The Kier molecular flexibility index (Phi) is 4.77. The lowest BCUT2D eigenvalue weighted by molar-refractivity contribution is -0.130. The Balaban J connectivity index is 1.82. The van der Waals surface area contributed by atoms with E-state index in [4.69, 9.17) is 5.11 Å². The molecular weight excluding hydrogens is 288 g/mol. The number of nitrogens with one attached hydrogen (secondary N) is 1. The van der Waals surface area contributed by atoms with Gasteiger partial charge in [0.25, 0.3) is 0 Å². The van der Waals surface area contributed by atoms with Gasteiger partial charge in [-0.2, -0.15) is 0 Å². The smallest absolute Gasteiger partial charge is 0.355 e. The van der Waals surface area contributed by atoms with Crippen molar-refractivity contribution in [2.75, 3.05) is 6.54 Å². The lowest BCUT2D eigenvalue weighted by Gasteiger charge is -2.30. The Labute approximate surface area is 128 Å². The van der Waals surface area contributed by atoms with Gasteiger partial charge in [-0.15, -0.1) is 11.3 Å². The van der Waals surface area contributed by atoms with E-state index in [0.29, 0.717) is 13.0 Å². The van der Waals surface area contributed by atoms with Crippen molar-refractivity contribution in [1.29, 1.82) is 0 Å². The summed E-state index contributed by atoms with van der Waals surface area (Å²) >= 11 is 1.31. The lowest BCUT2D eigenvalue weighted by Crippen LogP contribution is -2.40. The summed E-state index contributed by atoms with van der Waals surface area (Å²) in [5.74, 6) is -0.945. The van der Waals surface area contributed by atoms with Crippen molar-refractivity contribution in [3.05, 3.63) is 27.7 Å². The third kappa shape index (κ3) is 3.91. The highest BCUT2D eigenvalue weighted by atomic mass is 32.1. The molecule has 0 saturated heterocycles. The van der Waals surface area contributed by atoms with Crippen LogP contribution in [0.25, 0.3) is 0 Å². The first kappa shape index (κ1) is 15.7. The van der Waals surface area contributed by atoms with Gasteiger partial charge in [-0.1, -0.05) is 18.6 Å². The second-order valence-corrected chi connectivity index (χ2v) is 6.70. The zero-order chi connectivity index (χ0) is 15.5. The summed E-state index contributed by atoms with van der Waals surface area (Å²) in [6.45, 7) is 4.58. The molecule has 0 spiro atoms. The van der Waals surface area contributed by atoms with Crippen LogP contribution in [-0.2, 0) is 11.2 Å². The molecule has 0 fully saturated rings. The van der Waals surface area contributed by atoms with Gasteiger partial charge in [0, 0.05) is 18.3 Å². The Morgan fingerprint density at radius 2 is 2.29 bits per heavy atom.